The summed E-state index contributed by atoms with van der Waals surface area (Å²) >= 11 is 0. The molecule has 1 aliphatic rings. The molecule has 0 saturated carbocycles. The predicted octanol–water partition coefficient (Wildman–Crippen LogP) is 8.07. The van der Waals surface area contributed by atoms with Crippen LogP contribution in [-0.4, -0.2) is 13.1 Å². The van der Waals surface area contributed by atoms with Gasteiger partial charge >= 0.3 is 0 Å². The Balaban J connectivity index is 1.34. The summed E-state index contributed by atoms with van der Waals surface area (Å²) in [7, 11) is 0. The Kier molecular flexibility index (Phi) is 6.60. The Hall–Kier alpha value is -3.34. The Bertz CT molecular complexity index is 983. The molecule has 0 radical (unpaired) electrons. The number of rotatable bonds is 7. The lowest BCUT2D eigenvalue weighted by Crippen LogP contribution is -2.17. The monoisotopic (exact) mass is 397 g/mol. The fourth-order valence-electron chi connectivity index (χ4n) is 3.54. The minimum Gasteiger partial charge on any atom is -0.372 e. The van der Waals surface area contributed by atoms with Crippen LogP contribution in [0.15, 0.2) is 93.3 Å². The summed E-state index contributed by atoms with van der Waals surface area (Å²) in [5.74, 6) is 0. The van der Waals surface area contributed by atoms with Crippen molar-refractivity contribution in [3.63, 3.8) is 0 Å². The first-order valence-corrected chi connectivity index (χ1v) is 10.7. The van der Waals surface area contributed by atoms with Gasteiger partial charge in [0, 0.05) is 18.8 Å². The average Bonchev–Trinajstić information content (AvgIpc) is 3.34. The molecule has 0 aliphatic carbocycles. The third-order valence-electron chi connectivity index (χ3n) is 5.21. The van der Waals surface area contributed by atoms with Gasteiger partial charge in [-0.3, -0.25) is 0 Å². The zero-order valence-corrected chi connectivity index (χ0v) is 17.4. The molecule has 0 spiro atoms. The molecule has 1 saturated heterocycles. The maximum atomic E-state index is 4.34. The number of azo groups is 2. The maximum absolute atomic E-state index is 4.34. The highest BCUT2D eigenvalue weighted by Gasteiger charge is 2.11. The number of hydrogen-bond donors (Lipinski definition) is 0. The van der Waals surface area contributed by atoms with Crippen molar-refractivity contribution in [3.05, 3.63) is 78.4 Å². The molecule has 0 amide bonds. The Labute approximate surface area is 178 Å². The van der Waals surface area contributed by atoms with Crippen LogP contribution < -0.4 is 4.90 Å². The lowest BCUT2D eigenvalue weighted by molar-refractivity contribution is 0.922. The minimum absolute atomic E-state index is 0.793. The quantitative estimate of drug-likeness (QED) is 0.372. The van der Waals surface area contributed by atoms with Gasteiger partial charge in [0.05, 0.1) is 22.7 Å². The number of nitrogens with zero attached hydrogens (tertiary/aromatic N) is 5. The number of benzene rings is 3. The van der Waals surface area contributed by atoms with Gasteiger partial charge in [-0.15, -0.1) is 0 Å². The van der Waals surface area contributed by atoms with Crippen LogP contribution in [0.3, 0.4) is 0 Å². The Morgan fingerprint density at radius 1 is 0.600 bits per heavy atom. The van der Waals surface area contributed by atoms with Crippen molar-refractivity contribution in [3.8, 4) is 0 Å². The fourth-order valence-corrected chi connectivity index (χ4v) is 3.54. The highest BCUT2D eigenvalue weighted by atomic mass is 15.1. The molecule has 0 unspecified atom stereocenters. The zero-order valence-electron chi connectivity index (χ0n) is 17.4. The first-order chi connectivity index (χ1) is 14.8. The summed E-state index contributed by atoms with van der Waals surface area (Å²) in [6.07, 6.45) is 4.80. The van der Waals surface area contributed by atoms with Crippen molar-refractivity contribution < 1.29 is 0 Å². The summed E-state index contributed by atoms with van der Waals surface area (Å²) in [4.78, 5) is 2.41. The molecule has 3 aromatic carbocycles. The van der Waals surface area contributed by atoms with Crippen molar-refractivity contribution in [2.24, 2.45) is 20.5 Å². The molecule has 5 nitrogen and oxygen atoms in total. The van der Waals surface area contributed by atoms with E-state index in [9.17, 15) is 0 Å². The molecule has 0 bridgehead atoms. The lowest BCUT2D eigenvalue weighted by Gasteiger charge is -2.17. The first-order valence-electron chi connectivity index (χ1n) is 10.7. The van der Waals surface area contributed by atoms with E-state index < -0.39 is 0 Å². The van der Waals surface area contributed by atoms with E-state index in [0.717, 1.165) is 48.7 Å². The van der Waals surface area contributed by atoms with Crippen LogP contribution in [0.2, 0.25) is 0 Å². The molecule has 1 aliphatic heterocycles. The molecular weight excluding hydrogens is 370 g/mol. The van der Waals surface area contributed by atoms with Gasteiger partial charge < -0.3 is 4.90 Å². The van der Waals surface area contributed by atoms with E-state index in [2.05, 4.69) is 56.5 Å². The van der Waals surface area contributed by atoms with Crippen molar-refractivity contribution in [2.75, 3.05) is 18.0 Å². The van der Waals surface area contributed by atoms with Gasteiger partial charge in [0.1, 0.15) is 0 Å². The maximum Gasteiger partial charge on any atom is 0.0858 e. The second-order valence-corrected chi connectivity index (χ2v) is 7.54. The van der Waals surface area contributed by atoms with E-state index in [1.807, 2.05) is 48.5 Å². The standard InChI is InChI=1S/C25H27N5/c1-2-5-20-6-8-21(9-7-20)26-27-22-10-12-23(13-11-22)28-29-24-14-16-25(17-15-24)30-18-3-4-19-30/h6-17H,2-5,18-19H2,1H3. The highest BCUT2D eigenvalue weighted by Crippen LogP contribution is 2.26. The van der Waals surface area contributed by atoms with Crippen molar-refractivity contribution in [2.45, 2.75) is 32.6 Å². The molecule has 3 aromatic rings. The second-order valence-electron chi connectivity index (χ2n) is 7.54. The van der Waals surface area contributed by atoms with Crippen LogP contribution in [0, 0.1) is 0 Å². The zero-order chi connectivity index (χ0) is 20.6. The van der Waals surface area contributed by atoms with Crippen LogP contribution in [0.4, 0.5) is 28.4 Å². The Morgan fingerprint density at radius 3 is 1.43 bits per heavy atom. The summed E-state index contributed by atoms with van der Waals surface area (Å²) in [5.41, 5.74) is 5.89. The predicted molar refractivity (Wildman–Crippen MR) is 123 cm³/mol. The molecule has 152 valence electrons. The minimum atomic E-state index is 0.793. The smallest absolute Gasteiger partial charge is 0.0858 e. The summed E-state index contributed by atoms with van der Waals surface area (Å²) < 4.78 is 0. The molecule has 0 aromatic heterocycles. The van der Waals surface area contributed by atoms with Crippen molar-refractivity contribution >= 4 is 28.4 Å². The molecular formula is C25H27N5. The summed E-state index contributed by atoms with van der Waals surface area (Å²) in [5, 5.41) is 17.3. The molecule has 0 atom stereocenters. The van der Waals surface area contributed by atoms with Gasteiger partial charge in [0.25, 0.3) is 0 Å². The van der Waals surface area contributed by atoms with E-state index in [4.69, 9.17) is 0 Å². The van der Waals surface area contributed by atoms with E-state index in [0.29, 0.717) is 0 Å². The van der Waals surface area contributed by atoms with Gasteiger partial charge in [-0.05, 0) is 85.5 Å². The topological polar surface area (TPSA) is 52.7 Å². The fraction of sp³-hybridized carbons (Fsp3) is 0.280. The van der Waals surface area contributed by atoms with Gasteiger partial charge in [-0.25, -0.2) is 0 Å². The normalized spacial score (nSPS) is 14.2. The SMILES string of the molecule is CCCc1ccc(N=Nc2ccc(N=Nc3ccc(N4CCCC4)cc3)cc2)cc1. The molecule has 1 fully saturated rings. The van der Waals surface area contributed by atoms with Crippen LogP contribution in [0.5, 0.6) is 0 Å². The summed E-state index contributed by atoms with van der Waals surface area (Å²) in [6.45, 7) is 4.48. The molecule has 30 heavy (non-hydrogen) atoms. The third-order valence-corrected chi connectivity index (χ3v) is 5.21. The van der Waals surface area contributed by atoms with Crippen LogP contribution in [0.1, 0.15) is 31.7 Å². The number of hydrogen-bond acceptors (Lipinski definition) is 5. The largest absolute Gasteiger partial charge is 0.372 e. The number of anilines is 1. The second kappa shape index (κ2) is 9.92. The summed E-state index contributed by atoms with van der Waals surface area (Å²) in [6, 6.07) is 24.1. The van der Waals surface area contributed by atoms with Crippen LogP contribution in [-0.2, 0) is 6.42 Å². The van der Waals surface area contributed by atoms with E-state index in [-0.39, 0.29) is 0 Å². The van der Waals surface area contributed by atoms with E-state index >= 15 is 0 Å². The van der Waals surface area contributed by atoms with Crippen LogP contribution >= 0.6 is 0 Å². The van der Waals surface area contributed by atoms with Crippen molar-refractivity contribution in [1.29, 1.82) is 0 Å². The first kappa shape index (κ1) is 20.0. The molecule has 5 heteroatoms. The van der Waals surface area contributed by atoms with E-state index in [1.54, 1.807) is 0 Å². The van der Waals surface area contributed by atoms with Crippen molar-refractivity contribution in [1.82, 2.24) is 0 Å². The molecule has 1 heterocycles. The van der Waals surface area contributed by atoms with E-state index in [1.165, 1.54) is 24.1 Å². The van der Waals surface area contributed by atoms with Gasteiger partial charge in [-0.1, -0.05) is 25.5 Å². The van der Waals surface area contributed by atoms with Gasteiger partial charge in [-0.2, -0.15) is 20.5 Å². The van der Waals surface area contributed by atoms with Gasteiger partial charge in [0.15, 0.2) is 0 Å². The van der Waals surface area contributed by atoms with Crippen LogP contribution in [0.25, 0.3) is 0 Å². The third kappa shape index (κ3) is 5.38. The lowest BCUT2D eigenvalue weighted by atomic mass is 10.1. The average molecular weight is 398 g/mol. The Morgan fingerprint density at radius 2 is 1.00 bits per heavy atom. The molecule has 0 N–H and O–H groups in total. The highest BCUT2D eigenvalue weighted by molar-refractivity contribution is 5.53. The number of aryl methyl sites for hydroxylation is 1. The molecule has 4 rings (SSSR count). The van der Waals surface area contributed by atoms with Gasteiger partial charge in [0.2, 0.25) is 0 Å².